The lowest BCUT2D eigenvalue weighted by Crippen LogP contribution is -2.27. The summed E-state index contributed by atoms with van der Waals surface area (Å²) in [5.41, 5.74) is 0.547. The summed E-state index contributed by atoms with van der Waals surface area (Å²) < 4.78 is 37.7. The molecule has 3 nitrogen and oxygen atoms in total. The van der Waals surface area contributed by atoms with E-state index in [1.807, 2.05) is 0 Å². The molecule has 6 heteroatoms. The van der Waals surface area contributed by atoms with Gasteiger partial charge >= 0.3 is 6.18 Å². The molecule has 2 aliphatic rings. The minimum Gasteiger partial charge on any atom is -0.272 e. The van der Waals surface area contributed by atoms with Gasteiger partial charge in [0, 0.05) is 0 Å². The summed E-state index contributed by atoms with van der Waals surface area (Å²) in [5.74, 6) is -0.304. The zero-order valence-electron chi connectivity index (χ0n) is 11.4. The van der Waals surface area contributed by atoms with Crippen LogP contribution in [-0.4, -0.2) is 11.6 Å². The van der Waals surface area contributed by atoms with Gasteiger partial charge in [0.25, 0.3) is 5.91 Å². The van der Waals surface area contributed by atoms with Gasteiger partial charge in [0.05, 0.1) is 22.9 Å². The highest BCUT2D eigenvalue weighted by molar-refractivity contribution is 6.15. The number of hydrogen-bond acceptors (Lipinski definition) is 2. The maximum absolute atomic E-state index is 12.6. The SMILES string of the molecule is O=C1C2CCCCCC2=NN1c1ccc(C(F)(F)F)cc1. The van der Waals surface area contributed by atoms with Gasteiger partial charge in [-0.05, 0) is 43.5 Å². The Kier molecular flexibility index (Phi) is 3.47. The van der Waals surface area contributed by atoms with Crippen LogP contribution in [0.5, 0.6) is 0 Å². The van der Waals surface area contributed by atoms with E-state index in [1.165, 1.54) is 17.1 Å². The Morgan fingerprint density at radius 2 is 1.81 bits per heavy atom. The molecule has 0 spiro atoms. The molecule has 1 atom stereocenters. The first-order valence-electron chi connectivity index (χ1n) is 7.05. The summed E-state index contributed by atoms with van der Waals surface area (Å²) in [7, 11) is 0. The molecular formula is C15H15F3N2O. The Balaban J connectivity index is 1.86. The fraction of sp³-hybridized carbons (Fsp3) is 0.467. The first kappa shape index (κ1) is 14.1. The summed E-state index contributed by atoms with van der Waals surface area (Å²) in [5, 5.41) is 5.59. The van der Waals surface area contributed by atoms with E-state index in [2.05, 4.69) is 5.10 Å². The molecule has 1 saturated carbocycles. The third kappa shape index (κ3) is 2.66. The van der Waals surface area contributed by atoms with Crippen LogP contribution in [0.3, 0.4) is 0 Å². The van der Waals surface area contributed by atoms with Crippen molar-refractivity contribution in [2.75, 3.05) is 5.01 Å². The van der Waals surface area contributed by atoms with Gasteiger partial charge < -0.3 is 0 Å². The third-order valence-electron chi connectivity index (χ3n) is 4.00. The second-order valence-corrected chi connectivity index (χ2v) is 5.44. The normalized spacial score (nSPS) is 22.8. The van der Waals surface area contributed by atoms with Crippen molar-refractivity contribution >= 4 is 17.3 Å². The highest BCUT2D eigenvalue weighted by Gasteiger charge is 2.37. The average Bonchev–Trinajstić information content (AvgIpc) is 2.63. The number of rotatable bonds is 1. The molecule has 1 heterocycles. The molecule has 1 unspecified atom stereocenters. The maximum Gasteiger partial charge on any atom is 0.416 e. The predicted octanol–water partition coefficient (Wildman–Crippen LogP) is 3.99. The number of anilines is 1. The molecule has 0 saturated heterocycles. The van der Waals surface area contributed by atoms with Gasteiger partial charge in [-0.2, -0.15) is 18.3 Å². The molecule has 0 bridgehead atoms. The molecule has 1 aliphatic carbocycles. The van der Waals surface area contributed by atoms with Gasteiger partial charge in [-0.15, -0.1) is 0 Å². The van der Waals surface area contributed by atoms with Crippen molar-refractivity contribution in [2.24, 2.45) is 11.0 Å². The third-order valence-corrected chi connectivity index (χ3v) is 4.00. The van der Waals surface area contributed by atoms with Gasteiger partial charge in [0.15, 0.2) is 0 Å². The number of nitrogens with zero attached hydrogens (tertiary/aromatic N) is 2. The van der Waals surface area contributed by atoms with Crippen molar-refractivity contribution < 1.29 is 18.0 Å². The number of hydrogen-bond donors (Lipinski definition) is 0. The predicted molar refractivity (Wildman–Crippen MR) is 72.9 cm³/mol. The van der Waals surface area contributed by atoms with Crippen molar-refractivity contribution in [2.45, 2.75) is 38.3 Å². The average molecular weight is 296 g/mol. The van der Waals surface area contributed by atoms with Crippen LogP contribution in [0.4, 0.5) is 18.9 Å². The summed E-state index contributed by atoms with van der Waals surface area (Å²) in [6.07, 6.45) is 0.330. The van der Waals surface area contributed by atoms with Crippen LogP contribution < -0.4 is 5.01 Å². The lowest BCUT2D eigenvalue weighted by atomic mass is 9.98. The number of carbonyl (C=O) groups is 1. The van der Waals surface area contributed by atoms with Crippen molar-refractivity contribution in [1.29, 1.82) is 0 Å². The van der Waals surface area contributed by atoms with Crippen LogP contribution in [-0.2, 0) is 11.0 Å². The van der Waals surface area contributed by atoms with E-state index in [-0.39, 0.29) is 11.8 Å². The molecule has 1 aromatic rings. The van der Waals surface area contributed by atoms with Gasteiger partial charge in [-0.3, -0.25) is 4.79 Å². The fourth-order valence-corrected chi connectivity index (χ4v) is 2.86. The van der Waals surface area contributed by atoms with E-state index in [0.717, 1.165) is 49.9 Å². The first-order valence-corrected chi connectivity index (χ1v) is 7.05. The topological polar surface area (TPSA) is 32.7 Å². The molecule has 0 radical (unpaired) electrons. The van der Waals surface area contributed by atoms with E-state index >= 15 is 0 Å². The van der Waals surface area contributed by atoms with E-state index in [0.29, 0.717) is 5.69 Å². The van der Waals surface area contributed by atoms with Crippen molar-refractivity contribution in [3.8, 4) is 0 Å². The quantitative estimate of drug-likeness (QED) is 0.771. The first-order chi connectivity index (χ1) is 9.97. The zero-order valence-corrected chi connectivity index (χ0v) is 11.4. The monoisotopic (exact) mass is 296 g/mol. The van der Waals surface area contributed by atoms with Crippen molar-refractivity contribution in [3.05, 3.63) is 29.8 Å². The van der Waals surface area contributed by atoms with Gasteiger partial charge in [0.2, 0.25) is 0 Å². The summed E-state index contributed by atoms with van der Waals surface area (Å²) in [4.78, 5) is 12.4. The van der Waals surface area contributed by atoms with Gasteiger partial charge in [-0.25, -0.2) is 5.01 Å². The number of amides is 1. The smallest absolute Gasteiger partial charge is 0.272 e. The molecular weight excluding hydrogens is 281 g/mol. The second kappa shape index (κ2) is 5.16. The molecule has 1 amide bonds. The van der Waals surface area contributed by atoms with E-state index in [1.54, 1.807) is 0 Å². The highest BCUT2D eigenvalue weighted by Crippen LogP contribution is 2.34. The largest absolute Gasteiger partial charge is 0.416 e. The Morgan fingerprint density at radius 1 is 1.10 bits per heavy atom. The van der Waals surface area contributed by atoms with Gasteiger partial charge in [-0.1, -0.05) is 12.8 Å². The number of fused-ring (bicyclic) bond motifs is 1. The Labute approximate surface area is 120 Å². The van der Waals surface area contributed by atoms with Crippen LogP contribution in [0, 0.1) is 5.92 Å². The number of benzene rings is 1. The zero-order chi connectivity index (χ0) is 15.0. The van der Waals surface area contributed by atoms with E-state index < -0.39 is 11.7 Å². The maximum atomic E-state index is 12.6. The lowest BCUT2D eigenvalue weighted by Gasteiger charge is -2.15. The number of alkyl halides is 3. The minimum atomic E-state index is -4.37. The van der Waals surface area contributed by atoms with Crippen molar-refractivity contribution in [1.82, 2.24) is 0 Å². The molecule has 1 fully saturated rings. The second-order valence-electron chi connectivity index (χ2n) is 5.44. The molecule has 112 valence electrons. The molecule has 1 aromatic carbocycles. The molecule has 1 aliphatic heterocycles. The number of hydrazone groups is 1. The minimum absolute atomic E-state index is 0.119. The fourth-order valence-electron chi connectivity index (χ4n) is 2.86. The van der Waals surface area contributed by atoms with Crippen LogP contribution >= 0.6 is 0 Å². The molecule has 21 heavy (non-hydrogen) atoms. The van der Waals surface area contributed by atoms with E-state index in [4.69, 9.17) is 0 Å². The van der Waals surface area contributed by atoms with Crippen molar-refractivity contribution in [3.63, 3.8) is 0 Å². The number of halogens is 3. The van der Waals surface area contributed by atoms with Gasteiger partial charge in [0.1, 0.15) is 0 Å². The highest BCUT2D eigenvalue weighted by atomic mass is 19.4. The molecule has 0 N–H and O–H groups in total. The van der Waals surface area contributed by atoms with Crippen LogP contribution in [0.25, 0.3) is 0 Å². The Morgan fingerprint density at radius 3 is 2.48 bits per heavy atom. The summed E-state index contributed by atoms with van der Waals surface area (Å²) >= 11 is 0. The molecule has 3 rings (SSSR count). The van der Waals surface area contributed by atoms with E-state index in [9.17, 15) is 18.0 Å². The Bertz CT molecular complexity index is 578. The summed E-state index contributed by atoms with van der Waals surface area (Å²) in [6.45, 7) is 0. The Hall–Kier alpha value is -1.85. The lowest BCUT2D eigenvalue weighted by molar-refractivity contribution is -0.137. The summed E-state index contributed by atoms with van der Waals surface area (Å²) in [6, 6.07) is 4.57. The standard InChI is InChI=1S/C15H15F3N2O/c16-15(17,18)10-6-8-11(9-7-10)20-14(21)12-4-2-1-3-5-13(12)19-20/h6-9,12H,1-5H2. The number of carbonyl (C=O) groups excluding carboxylic acids is 1. The van der Waals surface area contributed by atoms with Crippen LogP contribution in [0.1, 0.15) is 37.7 Å². The van der Waals surface area contributed by atoms with Crippen LogP contribution in [0.2, 0.25) is 0 Å². The molecule has 0 aromatic heterocycles. The van der Waals surface area contributed by atoms with Crippen LogP contribution in [0.15, 0.2) is 29.4 Å².